The van der Waals surface area contributed by atoms with Crippen molar-refractivity contribution in [2.24, 2.45) is 5.10 Å². The number of nitrogens with one attached hydrogen (secondary N) is 2. The molecule has 0 bridgehead atoms. The number of halogens is 2. The zero-order valence-electron chi connectivity index (χ0n) is 17.4. The van der Waals surface area contributed by atoms with E-state index in [-0.39, 0.29) is 28.7 Å². The number of hydrogen-bond donors (Lipinski definition) is 2. The molecule has 9 heteroatoms. The van der Waals surface area contributed by atoms with Gasteiger partial charge in [0.15, 0.2) is 6.61 Å². The Hall–Kier alpha value is -4.22. The fourth-order valence-electron chi connectivity index (χ4n) is 2.69. The summed E-state index contributed by atoms with van der Waals surface area (Å²) in [6, 6.07) is 17.4. The van der Waals surface area contributed by atoms with Gasteiger partial charge in [0.2, 0.25) is 0 Å². The fraction of sp³-hybridized carbons (Fsp3) is 0.0833. The van der Waals surface area contributed by atoms with Gasteiger partial charge >= 0.3 is 0 Å². The number of nitrogens with zero attached hydrogens (tertiary/aromatic N) is 2. The minimum absolute atomic E-state index is 0.108. The van der Waals surface area contributed by atoms with E-state index in [2.05, 4.69) is 15.8 Å². The largest absolute Gasteiger partial charge is 0.482 e. The van der Waals surface area contributed by atoms with E-state index < -0.39 is 11.7 Å². The lowest BCUT2D eigenvalue weighted by atomic mass is 10.1. The van der Waals surface area contributed by atoms with Crippen molar-refractivity contribution >= 4 is 35.3 Å². The van der Waals surface area contributed by atoms with Crippen LogP contribution in [0.2, 0.25) is 5.02 Å². The van der Waals surface area contributed by atoms with Crippen molar-refractivity contribution in [2.75, 3.05) is 11.9 Å². The number of hydrazone groups is 1. The monoisotopic (exact) mass is 464 g/mol. The average molecular weight is 465 g/mol. The standard InChI is InChI=1S/C24H18ClFN4O3/c1-15-2-6-18(7-3-15)29-23(31)14-33-22-9-5-17(10-20(22)25)13-28-30-24(32)19-8-4-16(12-27)11-21(19)26/h2-11,13H,14H2,1H3,(H,29,31)(H,30,32)/b28-13-. The molecule has 0 saturated heterocycles. The van der Waals surface area contributed by atoms with Gasteiger partial charge in [-0.25, -0.2) is 9.82 Å². The minimum Gasteiger partial charge on any atom is -0.482 e. The molecule has 0 aliphatic carbocycles. The van der Waals surface area contributed by atoms with E-state index >= 15 is 0 Å². The maximum Gasteiger partial charge on any atom is 0.274 e. The van der Waals surface area contributed by atoms with Crippen LogP contribution in [0.25, 0.3) is 0 Å². The number of ether oxygens (including phenoxy) is 1. The maximum atomic E-state index is 13.9. The number of carbonyl (C=O) groups excluding carboxylic acids is 2. The Balaban J connectivity index is 1.54. The Morgan fingerprint density at radius 1 is 1.15 bits per heavy atom. The molecule has 3 rings (SSSR count). The molecular formula is C24H18ClFN4O3. The molecule has 0 radical (unpaired) electrons. The van der Waals surface area contributed by atoms with Gasteiger partial charge in [0.25, 0.3) is 11.8 Å². The van der Waals surface area contributed by atoms with Gasteiger partial charge in [-0.1, -0.05) is 29.3 Å². The summed E-state index contributed by atoms with van der Waals surface area (Å²) in [4.78, 5) is 24.1. The van der Waals surface area contributed by atoms with Gasteiger partial charge < -0.3 is 10.1 Å². The highest BCUT2D eigenvalue weighted by Crippen LogP contribution is 2.25. The van der Waals surface area contributed by atoms with Crippen LogP contribution < -0.4 is 15.5 Å². The first-order chi connectivity index (χ1) is 15.9. The second-order valence-corrected chi connectivity index (χ2v) is 7.31. The molecule has 2 N–H and O–H groups in total. The lowest BCUT2D eigenvalue weighted by Gasteiger charge is -2.09. The molecule has 0 spiro atoms. The van der Waals surface area contributed by atoms with Gasteiger partial charge in [-0.15, -0.1) is 0 Å². The number of amides is 2. The summed E-state index contributed by atoms with van der Waals surface area (Å²) in [5.41, 5.74) is 4.36. The highest BCUT2D eigenvalue weighted by Gasteiger charge is 2.12. The van der Waals surface area contributed by atoms with Crippen LogP contribution in [0.3, 0.4) is 0 Å². The van der Waals surface area contributed by atoms with Gasteiger partial charge in [-0.3, -0.25) is 9.59 Å². The minimum atomic E-state index is -0.822. The van der Waals surface area contributed by atoms with Crippen molar-refractivity contribution in [1.29, 1.82) is 5.26 Å². The van der Waals surface area contributed by atoms with Crippen LogP contribution in [0.1, 0.15) is 27.0 Å². The number of carbonyl (C=O) groups is 2. The Morgan fingerprint density at radius 3 is 2.58 bits per heavy atom. The number of benzene rings is 3. The third-order valence-corrected chi connectivity index (χ3v) is 4.67. The SMILES string of the molecule is Cc1ccc(NC(=O)COc2ccc(/C=N\NC(=O)c3ccc(C#N)cc3F)cc2Cl)cc1. The molecule has 3 aromatic rings. The van der Waals surface area contributed by atoms with Crippen molar-refractivity contribution < 1.29 is 18.7 Å². The molecule has 0 aromatic heterocycles. The van der Waals surface area contributed by atoms with Crippen LogP contribution in [-0.2, 0) is 4.79 Å². The van der Waals surface area contributed by atoms with Crippen LogP contribution in [0.4, 0.5) is 10.1 Å². The zero-order valence-corrected chi connectivity index (χ0v) is 18.2. The Bertz CT molecular complexity index is 1250. The van der Waals surface area contributed by atoms with E-state index in [9.17, 15) is 14.0 Å². The average Bonchev–Trinajstić information content (AvgIpc) is 2.79. The first kappa shape index (κ1) is 23.4. The van der Waals surface area contributed by atoms with Crippen molar-refractivity contribution in [2.45, 2.75) is 6.92 Å². The molecule has 0 fully saturated rings. The molecule has 0 saturated carbocycles. The number of anilines is 1. The summed E-state index contributed by atoms with van der Waals surface area (Å²) in [5.74, 6) is -1.62. The Kier molecular flexibility index (Phi) is 7.73. The van der Waals surface area contributed by atoms with Gasteiger partial charge in [-0.2, -0.15) is 10.4 Å². The smallest absolute Gasteiger partial charge is 0.274 e. The maximum absolute atomic E-state index is 13.9. The summed E-state index contributed by atoms with van der Waals surface area (Å²) >= 11 is 6.20. The van der Waals surface area contributed by atoms with Crippen LogP contribution in [0.15, 0.2) is 65.8 Å². The Morgan fingerprint density at radius 2 is 1.91 bits per heavy atom. The highest BCUT2D eigenvalue weighted by molar-refractivity contribution is 6.32. The molecule has 0 aliphatic rings. The van der Waals surface area contributed by atoms with Gasteiger partial charge in [0.1, 0.15) is 11.6 Å². The highest BCUT2D eigenvalue weighted by atomic mass is 35.5. The quantitative estimate of drug-likeness (QED) is 0.398. The number of rotatable bonds is 7. The van der Waals surface area contributed by atoms with E-state index in [1.807, 2.05) is 19.1 Å². The fourth-order valence-corrected chi connectivity index (χ4v) is 2.93. The normalized spacial score (nSPS) is 10.5. The first-order valence-corrected chi connectivity index (χ1v) is 10.1. The van der Waals surface area contributed by atoms with Crippen molar-refractivity contribution in [1.82, 2.24) is 5.43 Å². The number of nitriles is 1. The van der Waals surface area contributed by atoms with Crippen LogP contribution in [0.5, 0.6) is 5.75 Å². The van der Waals surface area contributed by atoms with Crippen LogP contribution in [-0.4, -0.2) is 24.6 Å². The van der Waals surface area contributed by atoms with E-state index in [0.29, 0.717) is 17.0 Å². The van der Waals surface area contributed by atoms with Gasteiger partial charge in [0.05, 0.1) is 28.4 Å². The summed E-state index contributed by atoms with van der Waals surface area (Å²) in [7, 11) is 0. The van der Waals surface area contributed by atoms with Crippen molar-refractivity contribution in [3.05, 3.63) is 93.8 Å². The molecular weight excluding hydrogens is 447 g/mol. The second-order valence-electron chi connectivity index (χ2n) is 6.90. The summed E-state index contributed by atoms with van der Waals surface area (Å²) in [6.07, 6.45) is 1.32. The van der Waals surface area contributed by atoms with E-state index in [1.54, 1.807) is 30.3 Å². The van der Waals surface area contributed by atoms with E-state index in [1.165, 1.54) is 24.4 Å². The third-order valence-electron chi connectivity index (χ3n) is 4.37. The summed E-state index contributed by atoms with van der Waals surface area (Å²) in [6.45, 7) is 1.72. The molecule has 7 nitrogen and oxygen atoms in total. The van der Waals surface area contributed by atoms with E-state index in [0.717, 1.165) is 11.6 Å². The van der Waals surface area contributed by atoms with Gasteiger partial charge in [-0.05, 0) is 61.0 Å². The third kappa shape index (κ3) is 6.63. The lowest BCUT2D eigenvalue weighted by molar-refractivity contribution is -0.118. The molecule has 0 aliphatic heterocycles. The van der Waals surface area contributed by atoms with Crippen LogP contribution >= 0.6 is 11.6 Å². The number of hydrogen-bond acceptors (Lipinski definition) is 5. The lowest BCUT2D eigenvalue weighted by Crippen LogP contribution is -2.20. The van der Waals surface area contributed by atoms with Crippen molar-refractivity contribution in [3.63, 3.8) is 0 Å². The van der Waals surface area contributed by atoms with E-state index in [4.69, 9.17) is 21.6 Å². The number of aryl methyl sites for hydroxylation is 1. The summed E-state index contributed by atoms with van der Waals surface area (Å²) in [5, 5.41) is 15.5. The van der Waals surface area contributed by atoms with Gasteiger partial charge in [0, 0.05) is 5.69 Å². The topological polar surface area (TPSA) is 104 Å². The molecule has 3 aromatic carbocycles. The summed E-state index contributed by atoms with van der Waals surface area (Å²) < 4.78 is 19.3. The molecule has 0 unspecified atom stereocenters. The molecule has 33 heavy (non-hydrogen) atoms. The second kappa shape index (κ2) is 10.9. The zero-order chi connectivity index (χ0) is 23.8. The first-order valence-electron chi connectivity index (χ1n) is 9.67. The van der Waals surface area contributed by atoms with Crippen molar-refractivity contribution in [3.8, 4) is 11.8 Å². The van der Waals surface area contributed by atoms with Crippen LogP contribution in [0, 0.1) is 24.1 Å². The molecule has 166 valence electrons. The predicted molar refractivity (Wildman–Crippen MR) is 123 cm³/mol. The predicted octanol–water partition coefficient (Wildman–Crippen LogP) is 4.44. The Labute approximate surface area is 194 Å². The molecule has 2 amide bonds. The molecule has 0 atom stereocenters. The molecule has 0 heterocycles.